The molecule has 0 spiro atoms. The van der Waals surface area contributed by atoms with Gasteiger partial charge in [-0.15, -0.1) is 0 Å². The van der Waals surface area contributed by atoms with E-state index in [9.17, 15) is 10.1 Å². The van der Waals surface area contributed by atoms with Crippen molar-refractivity contribution in [1.29, 1.82) is 0 Å². The van der Waals surface area contributed by atoms with Crippen molar-refractivity contribution < 1.29 is 9.66 Å². The summed E-state index contributed by atoms with van der Waals surface area (Å²) in [5.74, 6) is 0.0462. The normalized spacial score (nSPS) is 10.2. The van der Waals surface area contributed by atoms with Crippen LogP contribution in [0.4, 0.5) is 5.82 Å². The standard InChI is InChI=1S/C11H15BrN2O3/c1-9-5-6-10(11(13-9)14(15)16)17-8-4-2-3-7-12/h5-6H,2-4,7-8H2,1H3. The molecule has 0 unspecified atom stereocenters. The van der Waals surface area contributed by atoms with E-state index in [0.29, 0.717) is 12.3 Å². The Morgan fingerprint density at radius 1 is 1.41 bits per heavy atom. The fourth-order valence-corrected chi connectivity index (χ4v) is 1.73. The van der Waals surface area contributed by atoms with Crippen LogP contribution in [-0.2, 0) is 0 Å². The van der Waals surface area contributed by atoms with Crippen LogP contribution in [0.2, 0.25) is 0 Å². The lowest BCUT2D eigenvalue weighted by molar-refractivity contribution is -0.390. The van der Waals surface area contributed by atoms with Crippen LogP contribution >= 0.6 is 15.9 Å². The van der Waals surface area contributed by atoms with E-state index >= 15 is 0 Å². The fraction of sp³-hybridized carbons (Fsp3) is 0.545. The highest BCUT2D eigenvalue weighted by molar-refractivity contribution is 9.09. The van der Waals surface area contributed by atoms with Crippen LogP contribution in [0.15, 0.2) is 12.1 Å². The molecule has 1 aromatic heterocycles. The third-order valence-electron chi connectivity index (χ3n) is 2.19. The molecule has 0 N–H and O–H groups in total. The average molecular weight is 303 g/mol. The van der Waals surface area contributed by atoms with E-state index in [1.54, 1.807) is 19.1 Å². The summed E-state index contributed by atoms with van der Waals surface area (Å²) in [6.07, 6.45) is 3.01. The summed E-state index contributed by atoms with van der Waals surface area (Å²) < 4.78 is 5.38. The lowest BCUT2D eigenvalue weighted by Crippen LogP contribution is -2.03. The van der Waals surface area contributed by atoms with Gasteiger partial charge in [0.1, 0.15) is 5.69 Å². The van der Waals surface area contributed by atoms with E-state index in [2.05, 4.69) is 20.9 Å². The third kappa shape index (κ3) is 4.68. The van der Waals surface area contributed by atoms with Crippen molar-refractivity contribution in [2.24, 2.45) is 0 Å². The van der Waals surface area contributed by atoms with Gasteiger partial charge in [-0.05, 0) is 41.3 Å². The fourth-order valence-electron chi connectivity index (χ4n) is 1.33. The summed E-state index contributed by atoms with van der Waals surface area (Å²) in [7, 11) is 0. The number of halogens is 1. The molecule has 0 bridgehead atoms. The highest BCUT2D eigenvalue weighted by Crippen LogP contribution is 2.24. The lowest BCUT2D eigenvalue weighted by atomic mass is 10.3. The van der Waals surface area contributed by atoms with Crippen LogP contribution in [-0.4, -0.2) is 21.8 Å². The van der Waals surface area contributed by atoms with Crippen LogP contribution in [0.3, 0.4) is 0 Å². The van der Waals surface area contributed by atoms with E-state index in [-0.39, 0.29) is 11.6 Å². The maximum Gasteiger partial charge on any atom is 0.406 e. The first kappa shape index (κ1) is 13.9. The Hall–Kier alpha value is -1.17. The second-order valence-corrected chi connectivity index (χ2v) is 4.42. The number of unbranched alkanes of at least 4 members (excludes halogenated alkanes) is 2. The summed E-state index contributed by atoms with van der Waals surface area (Å²) in [6, 6.07) is 3.31. The minimum absolute atomic E-state index is 0.203. The van der Waals surface area contributed by atoms with Crippen LogP contribution in [0.5, 0.6) is 5.75 Å². The molecule has 1 heterocycles. The quantitative estimate of drug-likeness (QED) is 0.336. The number of rotatable bonds is 7. The molecule has 1 rings (SSSR count). The van der Waals surface area contributed by atoms with Gasteiger partial charge in [-0.3, -0.25) is 0 Å². The Labute approximate surface area is 108 Å². The lowest BCUT2D eigenvalue weighted by Gasteiger charge is -2.05. The van der Waals surface area contributed by atoms with E-state index in [0.717, 1.165) is 24.6 Å². The zero-order chi connectivity index (χ0) is 12.7. The first-order valence-electron chi connectivity index (χ1n) is 5.46. The third-order valence-corrected chi connectivity index (χ3v) is 2.75. The number of nitro groups is 1. The zero-order valence-electron chi connectivity index (χ0n) is 9.69. The molecule has 17 heavy (non-hydrogen) atoms. The molecule has 0 amide bonds. The maximum atomic E-state index is 10.8. The zero-order valence-corrected chi connectivity index (χ0v) is 11.3. The van der Waals surface area contributed by atoms with Crippen molar-refractivity contribution in [3.63, 3.8) is 0 Å². The summed E-state index contributed by atoms with van der Waals surface area (Å²) in [6.45, 7) is 2.20. The van der Waals surface area contributed by atoms with Crippen LogP contribution < -0.4 is 4.74 Å². The Morgan fingerprint density at radius 2 is 2.18 bits per heavy atom. The van der Waals surface area contributed by atoms with Gasteiger partial charge in [0.2, 0.25) is 5.75 Å². The number of hydrogen-bond donors (Lipinski definition) is 0. The van der Waals surface area contributed by atoms with Crippen molar-refractivity contribution >= 4 is 21.7 Å². The molecule has 0 aromatic carbocycles. The van der Waals surface area contributed by atoms with E-state index < -0.39 is 4.92 Å². The molecule has 94 valence electrons. The van der Waals surface area contributed by atoms with E-state index in [4.69, 9.17) is 4.74 Å². The SMILES string of the molecule is Cc1ccc(OCCCCCBr)c([N+](=O)[O-])n1. The van der Waals surface area contributed by atoms with Gasteiger partial charge in [0, 0.05) is 12.3 Å². The highest BCUT2D eigenvalue weighted by atomic mass is 79.9. The Kier molecular flexibility index (Phi) is 5.90. The molecule has 0 aliphatic heterocycles. The molecule has 0 saturated carbocycles. The monoisotopic (exact) mass is 302 g/mol. The largest absolute Gasteiger partial charge is 0.486 e. The van der Waals surface area contributed by atoms with Crippen molar-refractivity contribution in [3.05, 3.63) is 27.9 Å². The smallest absolute Gasteiger partial charge is 0.406 e. The second-order valence-electron chi connectivity index (χ2n) is 3.63. The highest BCUT2D eigenvalue weighted by Gasteiger charge is 2.17. The molecule has 6 heteroatoms. The van der Waals surface area contributed by atoms with Crippen molar-refractivity contribution in [2.75, 3.05) is 11.9 Å². The Morgan fingerprint density at radius 3 is 2.82 bits per heavy atom. The summed E-state index contributed by atoms with van der Waals surface area (Å²) >= 11 is 3.34. The van der Waals surface area contributed by atoms with E-state index in [1.807, 2.05) is 0 Å². The first-order chi connectivity index (χ1) is 8.15. The molecule has 0 fully saturated rings. The number of alkyl halides is 1. The summed E-state index contributed by atoms with van der Waals surface area (Å²) in [5.41, 5.74) is 0.614. The molecule has 0 saturated heterocycles. The molecule has 0 atom stereocenters. The number of ether oxygens (including phenoxy) is 1. The number of pyridine rings is 1. The number of aromatic nitrogens is 1. The van der Waals surface area contributed by atoms with Crippen LogP contribution in [0.25, 0.3) is 0 Å². The number of nitrogens with zero attached hydrogens (tertiary/aromatic N) is 2. The molecular formula is C11H15BrN2O3. The van der Waals surface area contributed by atoms with Crippen molar-refractivity contribution in [2.45, 2.75) is 26.2 Å². The van der Waals surface area contributed by atoms with Gasteiger partial charge >= 0.3 is 5.82 Å². The predicted molar refractivity (Wildman–Crippen MR) is 68.8 cm³/mol. The minimum Gasteiger partial charge on any atom is -0.486 e. The van der Waals surface area contributed by atoms with Gasteiger partial charge in [0.25, 0.3) is 0 Å². The summed E-state index contributed by atoms with van der Waals surface area (Å²) in [4.78, 5) is 14.1. The Balaban J connectivity index is 2.55. The van der Waals surface area contributed by atoms with Gasteiger partial charge in [-0.25, -0.2) is 0 Å². The maximum absolute atomic E-state index is 10.8. The van der Waals surface area contributed by atoms with Crippen molar-refractivity contribution in [3.8, 4) is 5.75 Å². The molecule has 0 radical (unpaired) electrons. The molecule has 1 aromatic rings. The van der Waals surface area contributed by atoms with Gasteiger partial charge in [-0.1, -0.05) is 15.9 Å². The second kappa shape index (κ2) is 7.21. The topological polar surface area (TPSA) is 65.3 Å². The van der Waals surface area contributed by atoms with Crippen molar-refractivity contribution in [1.82, 2.24) is 4.98 Å². The van der Waals surface area contributed by atoms with Gasteiger partial charge < -0.3 is 14.9 Å². The Bertz CT molecular complexity index is 385. The number of hydrogen-bond acceptors (Lipinski definition) is 4. The molecule has 0 aliphatic rings. The van der Waals surface area contributed by atoms with Crippen LogP contribution in [0, 0.1) is 17.0 Å². The predicted octanol–water partition coefficient (Wildman–Crippen LogP) is 3.24. The van der Waals surface area contributed by atoms with E-state index in [1.165, 1.54) is 0 Å². The first-order valence-corrected chi connectivity index (χ1v) is 6.58. The number of aryl methyl sites for hydroxylation is 1. The van der Waals surface area contributed by atoms with Gasteiger partial charge in [0.15, 0.2) is 0 Å². The van der Waals surface area contributed by atoms with Gasteiger partial charge in [0.05, 0.1) is 6.61 Å². The van der Waals surface area contributed by atoms with Crippen LogP contribution in [0.1, 0.15) is 25.0 Å². The molecular weight excluding hydrogens is 288 g/mol. The average Bonchev–Trinajstić information content (AvgIpc) is 2.30. The van der Waals surface area contributed by atoms with Gasteiger partial charge in [-0.2, -0.15) is 0 Å². The minimum atomic E-state index is -0.513. The molecule has 0 aliphatic carbocycles. The summed E-state index contributed by atoms with van der Waals surface area (Å²) in [5, 5.41) is 11.7. The molecule has 5 nitrogen and oxygen atoms in total.